The monoisotopic (exact) mass is 301 g/mol. The van der Waals surface area contributed by atoms with Gasteiger partial charge in [0.1, 0.15) is 0 Å². The van der Waals surface area contributed by atoms with E-state index in [1.807, 2.05) is 0 Å². The van der Waals surface area contributed by atoms with E-state index < -0.39 is 14.9 Å². The van der Waals surface area contributed by atoms with Gasteiger partial charge in [0, 0.05) is 19.2 Å². The highest BCUT2D eigenvalue weighted by Gasteiger charge is 2.19. The third-order valence-corrected chi connectivity index (χ3v) is 3.12. The highest BCUT2D eigenvalue weighted by atomic mass is 32.2. The smallest absolute Gasteiger partial charge is 0.300 e. The maximum Gasteiger partial charge on any atom is 0.300 e. The van der Waals surface area contributed by atoms with Crippen molar-refractivity contribution in [3.8, 4) is 0 Å². The molecule has 20 heavy (non-hydrogen) atoms. The van der Waals surface area contributed by atoms with Gasteiger partial charge in [0.05, 0.1) is 16.9 Å². The standard InChI is InChI=1S/C9H11N5O5S/c1-20(17,18)11-5-4-10-6-2-3-7(14(15)16)9-8(6)12-19-13-9/h2-3,10-11H,4-5H2,1H3. The second-order valence-corrected chi connectivity index (χ2v) is 5.78. The SMILES string of the molecule is CS(=O)(=O)NCCNc1ccc([N+](=O)[O-])c2nonc12. The second-order valence-electron chi connectivity index (χ2n) is 3.94. The lowest BCUT2D eigenvalue weighted by molar-refractivity contribution is -0.383. The number of rotatable bonds is 6. The second kappa shape index (κ2) is 5.38. The van der Waals surface area contributed by atoms with Gasteiger partial charge in [-0.2, -0.15) is 0 Å². The van der Waals surface area contributed by atoms with Crippen LogP contribution in [-0.4, -0.2) is 43.0 Å². The van der Waals surface area contributed by atoms with Crippen LogP contribution >= 0.6 is 0 Å². The lowest BCUT2D eigenvalue weighted by Crippen LogP contribution is -2.27. The molecule has 0 aliphatic rings. The van der Waals surface area contributed by atoms with Gasteiger partial charge in [0.2, 0.25) is 15.5 Å². The number of sulfonamides is 1. The fraction of sp³-hybridized carbons (Fsp3) is 0.333. The summed E-state index contributed by atoms with van der Waals surface area (Å²) in [5.41, 5.74) is 0.526. The summed E-state index contributed by atoms with van der Waals surface area (Å²) in [6.07, 6.45) is 1.05. The number of hydrogen-bond acceptors (Lipinski definition) is 8. The van der Waals surface area contributed by atoms with Crippen LogP contribution in [-0.2, 0) is 10.0 Å². The lowest BCUT2D eigenvalue weighted by atomic mass is 10.2. The van der Waals surface area contributed by atoms with Crippen LogP contribution in [0.3, 0.4) is 0 Å². The Balaban J connectivity index is 2.14. The summed E-state index contributed by atoms with van der Waals surface area (Å²) in [6, 6.07) is 2.74. The topological polar surface area (TPSA) is 140 Å². The first-order chi connectivity index (χ1) is 9.38. The van der Waals surface area contributed by atoms with Crippen molar-refractivity contribution in [2.45, 2.75) is 0 Å². The molecule has 2 aromatic rings. The zero-order valence-corrected chi connectivity index (χ0v) is 11.2. The van der Waals surface area contributed by atoms with Gasteiger partial charge in [-0.3, -0.25) is 10.1 Å². The molecule has 0 atom stereocenters. The first kappa shape index (κ1) is 14.1. The van der Waals surface area contributed by atoms with Gasteiger partial charge >= 0.3 is 5.69 Å². The minimum absolute atomic E-state index is 0.0380. The maximum atomic E-state index is 10.9. The zero-order chi connectivity index (χ0) is 14.8. The number of nitro benzene ring substituents is 1. The Hall–Kier alpha value is -2.27. The molecular formula is C9H11N5O5S. The fourth-order valence-corrected chi connectivity index (χ4v) is 2.05. The van der Waals surface area contributed by atoms with Crippen molar-refractivity contribution in [2.24, 2.45) is 0 Å². The molecule has 0 amide bonds. The van der Waals surface area contributed by atoms with Crippen molar-refractivity contribution in [1.82, 2.24) is 15.0 Å². The van der Waals surface area contributed by atoms with Gasteiger partial charge in [-0.25, -0.2) is 17.8 Å². The average Bonchev–Trinajstić information content (AvgIpc) is 2.82. The van der Waals surface area contributed by atoms with E-state index in [-0.39, 0.29) is 29.8 Å². The molecule has 0 fully saturated rings. The Kier molecular flexibility index (Phi) is 3.81. The van der Waals surface area contributed by atoms with Gasteiger partial charge in [-0.05, 0) is 16.4 Å². The summed E-state index contributed by atoms with van der Waals surface area (Å²) in [6.45, 7) is 0.454. The van der Waals surface area contributed by atoms with E-state index in [9.17, 15) is 18.5 Å². The number of anilines is 1. The molecule has 0 saturated heterocycles. The van der Waals surface area contributed by atoms with Crippen molar-refractivity contribution in [3.63, 3.8) is 0 Å². The molecule has 10 nitrogen and oxygen atoms in total. The molecule has 0 spiro atoms. The van der Waals surface area contributed by atoms with E-state index in [0.717, 1.165) is 6.26 Å². The summed E-state index contributed by atoms with van der Waals surface area (Å²) in [5, 5.41) is 20.8. The third kappa shape index (κ3) is 3.19. The quantitative estimate of drug-likeness (QED) is 0.434. The van der Waals surface area contributed by atoms with Gasteiger partial charge < -0.3 is 5.32 Å². The average molecular weight is 301 g/mol. The lowest BCUT2D eigenvalue weighted by Gasteiger charge is -2.06. The first-order valence-electron chi connectivity index (χ1n) is 5.46. The molecule has 1 aromatic carbocycles. The first-order valence-corrected chi connectivity index (χ1v) is 7.36. The third-order valence-electron chi connectivity index (χ3n) is 2.40. The molecule has 2 N–H and O–H groups in total. The molecule has 11 heteroatoms. The highest BCUT2D eigenvalue weighted by Crippen LogP contribution is 2.28. The molecular weight excluding hydrogens is 290 g/mol. The summed E-state index contributed by atoms with van der Waals surface area (Å²) < 4.78 is 28.6. The molecule has 1 heterocycles. The Bertz CT molecular complexity index is 740. The van der Waals surface area contributed by atoms with Crippen LogP contribution in [0.15, 0.2) is 16.8 Å². The van der Waals surface area contributed by atoms with E-state index in [1.165, 1.54) is 12.1 Å². The molecule has 0 radical (unpaired) electrons. The van der Waals surface area contributed by atoms with Gasteiger partial charge in [0.15, 0.2) is 5.52 Å². The maximum absolute atomic E-state index is 10.9. The van der Waals surface area contributed by atoms with Crippen molar-refractivity contribution in [1.29, 1.82) is 0 Å². The van der Waals surface area contributed by atoms with Gasteiger partial charge in [-0.15, -0.1) is 0 Å². The van der Waals surface area contributed by atoms with E-state index in [4.69, 9.17) is 0 Å². The van der Waals surface area contributed by atoms with E-state index in [0.29, 0.717) is 5.69 Å². The summed E-state index contributed by atoms with van der Waals surface area (Å²) in [4.78, 5) is 10.2. The Morgan fingerprint density at radius 1 is 1.30 bits per heavy atom. The van der Waals surface area contributed by atoms with E-state index >= 15 is 0 Å². The van der Waals surface area contributed by atoms with Crippen LogP contribution in [0, 0.1) is 10.1 Å². The molecule has 0 bridgehead atoms. The Labute approximate surface area is 113 Å². The summed E-state index contributed by atoms with van der Waals surface area (Å²) in [7, 11) is -3.25. The number of nitrogens with one attached hydrogen (secondary N) is 2. The minimum atomic E-state index is -3.25. The predicted octanol–water partition coefficient (Wildman–Crippen LogP) is 0.0921. The molecule has 0 aliphatic carbocycles. The molecule has 1 aromatic heterocycles. The molecule has 0 unspecified atom stereocenters. The molecule has 0 saturated carbocycles. The number of nitrogens with zero attached hydrogens (tertiary/aromatic N) is 3. The number of nitro groups is 1. The number of aromatic nitrogens is 2. The predicted molar refractivity (Wildman–Crippen MR) is 69.8 cm³/mol. The van der Waals surface area contributed by atoms with Crippen LogP contribution in [0.1, 0.15) is 0 Å². The molecule has 0 aliphatic heterocycles. The number of hydrogen-bond donors (Lipinski definition) is 2. The summed E-state index contributed by atoms with van der Waals surface area (Å²) in [5.74, 6) is 0. The number of fused-ring (bicyclic) bond motifs is 1. The Morgan fingerprint density at radius 2 is 2.00 bits per heavy atom. The van der Waals surface area contributed by atoms with Crippen LogP contribution in [0.5, 0.6) is 0 Å². The van der Waals surface area contributed by atoms with E-state index in [2.05, 4.69) is 25.0 Å². The molecule has 108 valence electrons. The van der Waals surface area contributed by atoms with Crippen LogP contribution in [0.4, 0.5) is 11.4 Å². The normalized spacial score (nSPS) is 11.7. The number of benzene rings is 1. The van der Waals surface area contributed by atoms with E-state index in [1.54, 1.807) is 0 Å². The van der Waals surface area contributed by atoms with Crippen molar-refractivity contribution in [3.05, 3.63) is 22.2 Å². The largest absolute Gasteiger partial charge is 0.382 e. The van der Waals surface area contributed by atoms with Crippen LogP contribution in [0.25, 0.3) is 11.0 Å². The van der Waals surface area contributed by atoms with Gasteiger partial charge in [0.25, 0.3) is 0 Å². The Morgan fingerprint density at radius 3 is 2.65 bits per heavy atom. The number of non-ortho nitro benzene ring substituents is 1. The van der Waals surface area contributed by atoms with Crippen molar-refractivity contribution in [2.75, 3.05) is 24.7 Å². The van der Waals surface area contributed by atoms with Crippen molar-refractivity contribution >= 4 is 32.4 Å². The fourth-order valence-electron chi connectivity index (χ4n) is 1.58. The minimum Gasteiger partial charge on any atom is -0.382 e. The van der Waals surface area contributed by atoms with Crippen molar-refractivity contribution < 1.29 is 18.0 Å². The zero-order valence-electron chi connectivity index (χ0n) is 10.4. The highest BCUT2D eigenvalue weighted by molar-refractivity contribution is 7.88. The summed E-state index contributed by atoms with van der Waals surface area (Å²) >= 11 is 0. The van der Waals surface area contributed by atoms with Crippen LogP contribution in [0.2, 0.25) is 0 Å². The van der Waals surface area contributed by atoms with Gasteiger partial charge in [-0.1, -0.05) is 0 Å². The molecule has 2 rings (SSSR count). The van der Waals surface area contributed by atoms with Crippen LogP contribution < -0.4 is 10.0 Å².